The molecule has 0 bridgehead atoms. The molecule has 0 aliphatic heterocycles. The van der Waals surface area contributed by atoms with Crippen molar-refractivity contribution in [3.63, 3.8) is 0 Å². The number of nitrogens with one attached hydrogen (secondary N) is 1. The van der Waals surface area contributed by atoms with Crippen molar-refractivity contribution in [2.24, 2.45) is 0 Å². The van der Waals surface area contributed by atoms with Gasteiger partial charge in [-0.3, -0.25) is 4.79 Å². The smallest absolute Gasteiger partial charge is 0.326 e. The predicted octanol–water partition coefficient (Wildman–Crippen LogP) is 2.72. The number of amides is 1. The zero-order valence-corrected chi connectivity index (χ0v) is 13.6. The molecule has 0 aromatic heterocycles. The molecule has 1 atom stereocenters. The summed E-state index contributed by atoms with van der Waals surface area (Å²) in [5.74, 6) is -0.936. The van der Waals surface area contributed by atoms with Crippen molar-refractivity contribution in [2.45, 2.75) is 44.4 Å². The van der Waals surface area contributed by atoms with Crippen molar-refractivity contribution >= 4 is 23.6 Å². The number of aliphatic carboxylic acids is 1. The van der Waals surface area contributed by atoms with Crippen molar-refractivity contribution in [1.82, 2.24) is 5.32 Å². The number of hydrogen-bond acceptors (Lipinski definition) is 3. The molecule has 0 spiro atoms. The van der Waals surface area contributed by atoms with E-state index in [4.69, 9.17) is 0 Å². The van der Waals surface area contributed by atoms with Gasteiger partial charge in [-0.2, -0.15) is 0 Å². The average molecular weight is 309 g/mol. The molecule has 0 heterocycles. The van der Waals surface area contributed by atoms with Crippen LogP contribution >= 0.6 is 11.8 Å². The fraction of sp³-hybridized carbons (Fsp3) is 0.500. The normalized spacial score (nSPS) is 12.7. The topological polar surface area (TPSA) is 66.4 Å². The summed E-state index contributed by atoms with van der Waals surface area (Å²) in [5, 5.41) is 11.8. The first kappa shape index (κ1) is 17.6. The number of carboxylic acids is 1. The minimum atomic E-state index is -0.986. The molecule has 0 saturated carbocycles. The Morgan fingerprint density at radius 2 is 1.86 bits per heavy atom. The molecule has 1 aromatic carbocycles. The first-order valence-corrected chi connectivity index (χ1v) is 7.96. The van der Waals surface area contributed by atoms with E-state index in [0.29, 0.717) is 12.8 Å². The van der Waals surface area contributed by atoms with Gasteiger partial charge in [0.05, 0.1) is 5.75 Å². The number of aryl methyl sites for hydroxylation is 1. The third-order valence-corrected chi connectivity index (χ3v) is 4.11. The number of benzene rings is 1. The van der Waals surface area contributed by atoms with Gasteiger partial charge in [-0.15, -0.1) is 11.8 Å². The Kier molecular flexibility index (Phi) is 6.75. The molecular formula is C16H23NO3S. The summed E-state index contributed by atoms with van der Waals surface area (Å²) in [6.45, 7) is 6.07. The Balaban J connectivity index is 2.46. The van der Waals surface area contributed by atoms with E-state index in [-0.39, 0.29) is 16.4 Å². The minimum absolute atomic E-state index is 0.0138. The molecule has 21 heavy (non-hydrogen) atoms. The van der Waals surface area contributed by atoms with E-state index in [1.165, 1.54) is 11.8 Å². The molecule has 1 unspecified atom stereocenters. The largest absolute Gasteiger partial charge is 0.480 e. The lowest BCUT2D eigenvalue weighted by Crippen LogP contribution is -2.42. The van der Waals surface area contributed by atoms with E-state index in [2.05, 4.69) is 5.32 Å². The highest BCUT2D eigenvalue weighted by molar-refractivity contribution is 8.01. The second-order valence-electron chi connectivity index (χ2n) is 5.88. The monoisotopic (exact) mass is 309 g/mol. The SMILES string of the molecule is CC(C)(C)SCC(=O)NC(CCc1ccccc1)C(=O)O. The van der Waals surface area contributed by atoms with Crippen LogP contribution in [0.5, 0.6) is 0 Å². The molecule has 116 valence electrons. The van der Waals surface area contributed by atoms with Gasteiger partial charge in [-0.1, -0.05) is 51.1 Å². The van der Waals surface area contributed by atoms with Crippen molar-refractivity contribution in [3.8, 4) is 0 Å². The van der Waals surface area contributed by atoms with Crippen LogP contribution in [-0.2, 0) is 16.0 Å². The van der Waals surface area contributed by atoms with Crippen LogP contribution in [-0.4, -0.2) is 33.5 Å². The number of rotatable bonds is 7. The lowest BCUT2D eigenvalue weighted by molar-refractivity contribution is -0.141. The van der Waals surface area contributed by atoms with E-state index in [9.17, 15) is 14.7 Å². The van der Waals surface area contributed by atoms with E-state index in [0.717, 1.165) is 5.56 Å². The quantitative estimate of drug-likeness (QED) is 0.813. The maximum Gasteiger partial charge on any atom is 0.326 e. The van der Waals surface area contributed by atoms with Gasteiger partial charge < -0.3 is 10.4 Å². The molecule has 0 aliphatic carbocycles. The lowest BCUT2D eigenvalue weighted by atomic mass is 10.1. The molecule has 4 nitrogen and oxygen atoms in total. The van der Waals surface area contributed by atoms with Crippen LogP contribution in [0.25, 0.3) is 0 Å². The summed E-state index contributed by atoms with van der Waals surface area (Å²) in [5.41, 5.74) is 1.07. The van der Waals surface area contributed by atoms with E-state index < -0.39 is 12.0 Å². The fourth-order valence-electron chi connectivity index (χ4n) is 1.73. The van der Waals surface area contributed by atoms with Crippen LogP contribution in [0.3, 0.4) is 0 Å². The van der Waals surface area contributed by atoms with Crippen molar-refractivity contribution < 1.29 is 14.7 Å². The molecule has 0 radical (unpaired) electrons. The summed E-state index contributed by atoms with van der Waals surface area (Å²) in [6.07, 6.45) is 1.02. The van der Waals surface area contributed by atoms with Gasteiger partial charge in [0.15, 0.2) is 0 Å². The summed E-state index contributed by atoms with van der Waals surface area (Å²) in [6, 6.07) is 8.84. The Morgan fingerprint density at radius 3 is 2.38 bits per heavy atom. The fourth-order valence-corrected chi connectivity index (χ4v) is 2.38. The summed E-state index contributed by atoms with van der Waals surface area (Å²) in [7, 11) is 0. The molecule has 5 heteroatoms. The van der Waals surface area contributed by atoms with Crippen molar-refractivity contribution in [1.29, 1.82) is 0 Å². The van der Waals surface area contributed by atoms with Crippen LogP contribution in [0.1, 0.15) is 32.8 Å². The maximum absolute atomic E-state index is 11.8. The van der Waals surface area contributed by atoms with Crippen LogP contribution in [0.15, 0.2) is 30.3 Å². The number of carboxylic acid groups (broad SMARTS) is 1. The summed E-state index contributed by atoms with van der Waals surface area (Å²) >= 11 is 1.50. The summed E-state index contributed by atoms with van der Waals surface area (Å²) < 4.78 is -0.0138. The number of hydrogen-bond donors (Lipinski definition) is 2. The van der Waals surface area contributed by atoms with Crippen LogP contribution < -0.4 is 5.32 Å². The van der Waals surface area contributed by atoms with E-state index >= 15 is 0 Å². The van der Waals surface area contributed by atoms with Crippen LogP contribution in [0, 0.1) is 0 Å². The van der Waals surface area contributed by atoms with Gasteiger partial charge in [0.2, 0.25) is 5.91 Å². The minimum Gasteiger partial charge on any atom is -0.480 e. The molecule has 1 amide bonds. The van der Waals surface area contributed by atoms with Gasteiger partial charge in [0.1, 0.15) is 6.04 Å². The van der Waals surface area contributed by atoms with Gasteiger partial charge in [0, 0.05) is 4.75 Å². The second-order valence-corrected chi connectivity index (χ2v) is 7.69. The molecule has 2 N–H and O–H groups in total. The average Bonchev–Trinajstić information content (AvgIpc) is 2.41. The van der Waals surface area contributed by atoms with Gasteiger partial charge >= 0.3 is 5.97 Å². The summed E-state index contributed by atoms with van der Waals surface area (Å²) in [4.78, 5) is 23.1. The number of carbonyl (C=O) groups is 2. The Morgan fingerprint density at radius 1 is 1.24 bits per heavy atom. The van der Waals surface area contributed by atoms with Gasteiger partial charge in [-0.25, -0.2) is 4.79 Å². The number of thioether (sulfide) groups is 1. The number of carbonyl (C=O) groups excluding carboxylic acids is 1. The first-order chi connectivity index (χ1) is 9.78. The molecular weight excluding hydrogens is 286 g/mol. The van der Waals surface area contributed by atoms with Crippen molar-refractivity contribution in [3.05, 3.63) is 35.9 Å². The molecule has 0 aliphatic rings. The Hall–Kier alpha value is -1.49. The molecule has 1 rings (SSSR count). The molecule has 0 saturated heterocycles. The maximum atomic E-state index is 11.8. The third kappa shape index (κ3) is 7.75. The lowest BCUT2D eigenvalue weighted by Gasteiger charge is -2.19. The zero-order valence-electron chi connectivity index (χ0n) is 12.8. The molecule has 0 fully saturated rings. The van der Waals surface area contributed by atoms with E-state index in [1.54, 1.807) is 0 Å². The second kappa shape index (κ2) is 8.08. The van der Waals surface area contributed by atoms with Crippen LogP contribution in [0.2, 0.25) is 0 Å². The van der Waals surface area contributed by atoms with Crippen molar-refractivity contribution in [2.75, 3.05) is 5.75 Å². The van der Waals surface area contributed by atoms with E-state index in [1.807, 2.05) is 51.1 Å². The van der Waals surface area contributed by atoms with Crippen LogP contribution in [0.4, 0.5) is 0 Å². The standard InChI is InChI=1S/C16H23NO3S/c1-16(2,3)21-11-14(18)17-13(15(19)20)10-9-12-7-5-4-6-8-12/h4-8,13H,9-11H2,1-3H3,(H,17,18)(H,19,20). The highest BCUT2D eigenvalue weighted by Gasteiger charge is 2.21. The first-order valence-electron chi connectivity index (χ1n) is 6.98. The van der Waals surface area contributed by atoms with Gasteiger partial charge in [0.25, 0.3) is 0 Å². The molecule has 1 aromatic rings. The highest BCUT2D eigenvalue weighted by Crippen LogP contribution is 2.22. The third-order valence-electron chi connectivity index (χ3n) is 2.83. The highest BCUT2D eigenvalue weighted by atomic mass is 32.2. The Bertz CT molecular complexity index is 468. The van der Waals surface area contributed by atoms with Gasteiger partial charge in [-0.05, 0) is 18.4 Å². The zero-order chi connectivity index (χ0) is 15.9. The predicted molar refractivity (Wildman–Crippen MR) is 86.5 cm³/mol. The Labute approximate surface area is 130 Å².